The number of esters is 6. The first-order valence-corrected chi connectivity index (χ1v) is 8.29. The molecular formula is C17H24O12. The molecule has 0 aromatic rings. The Morgan fingerprint density at radius 3 is 1.45 bits per heavy atom. The van der Waals surface area contributed by atoms with Gasteiger partial charge in [0.2, 0.25) is 6.10 Å². The topological polar surface area (TPSA) is 158 Å². The molecule has 0 aliphatic heterocycles. The third-order valence-corrected chi connectivity index (χ3v) is 3.09. The van der Waals surface area contributed by atoms with E-state index in [0.717, 1.165) is 41.7 Å². The van der Waals surface area contributed by atoms with Crippen molar-refractivity contribution in [3.05, 3.63) is 0 Å². The van der Waals surface area contributed by atoms with Crippen molar-refractivity contribution in [2.75, 3.05) is 13.7 Å². The predicted molar refractivity (Wildman–Crippen MR) is 90.9 cm³/mol. The average molecular weight is 420 g/mol. The van der Waals surface area contributed by atoms with Gasteiger partial charge in [-0.2, -0.15) is 0 Å². The summed E-state index contributed by atoms with van der Waals surface area (Å²) in [6.45, 7) is 4.44. The van der Waals surface area contributed by atoms with Gasteiger partial charge in [0, 0.05) is 34.6 Å². The van der Waals surface area contributed by atoms with E-state index in [9.17, 15) is 28.8 Å². The van der Waals surface area contributed by atoms with Gasteiger partial charge in [0.1, 0.15) is 6.61 Å². The molecule has 0 heterocycles. The van der Waals surface area contributed by atoms with Crippen molar-refractivity contribution in [3.63, 3.8) is 0 Å². The first-order chi connectivity index (χ1) is 13.4. The maximum atomic E-state index is 12.1. The Morgan fingerprint density at radius 2 is 1.07 bits per heavy atom. The van der Waals surface area contributed by atoms with E-state index in [1.54, 1.807) is 0 Å². The van der Waals surface area contributed by atoms with Crippen molar-refractivity contribution in [1.82, 2.24) is 0 Å². The Balaban J connectivity index is 6.29. The van der Waals surface area contributed by atoms with Crippen molar-refractivity contribution in [2.45, 2.75) is 59.0 Å². The van der Waals surface area contributed by atoms with Crippen LogP contribution in [0.15, 0.2) is 0 Å². The molecule has 0 aromatic carbocycles. The molecule has 4 atom stereocenters. The number of hydrogen-bond acceptors (Lipinski definition) is 12. The van der Waals surface area contributed by atoms with Gasteiger partial charge in [0.25, 0.3) is 0 Å². The Labute approximate surface area is 166 Å². The van der Waals surface area contributed by atoms with Gasteiger partial charge in [0.15, 0.2) is 18.3 Å². The molecule has 0 fully saturated rings. The van der Waals surface area contributed by atoms with E-state index in [1.165, 1.54) is 0 Å². The summed E-state index contributed by atoms with van der Waals surface area (Å²) in [5.74, 6) is -5.55. The van der Waals surface area contributed by atoms with Gasteiger partial charge >= 0.3 is 35.8 Å². The second kappa shape index (κ2) is 12.3. The number of hydrogen-bond donors (Lipinski definition) is 0. The van der Waals surface area contributed by atoms with Crippen LogP contribution >= 0.6 is 0 Å². The SMILES string of the molecule is COC(=O)[C@H](OC(C)=O)[C@H](OC(C)=O)[C@H](OC(C)=O)[C@H](COC(C)=O)OC(C)=O. The zero-order valence-corrected chi connectivity index (χ0v) is 16.9. The fourth-order valence-electron chi connectivity index (χ4n) is 2.19. The zero-order valence-electron chi connectivity index (χ0n) is 16.9. The van der Waals surface area contributed by atoms with Crippen molar-refractivity contribution in [3.8, 4) is 0 Å². The fraction of sp³-hybridized carbons (Fsp3) is 0.647. The molecule has 12 heteroatoms. The van der Waals surface area contributed by atoms with E-state index < -0.39 is 66.8 Å². The van der Waals surface area contributed by atoms with E-state index >= 15 is 0 Å². The van der Waals surface area contributed by atoms with Crippen molar-refractivity contribution >= 4 is 35.8 Å². The maximum Gasteiger partial charge on any atom is 0.351 e. The molecule has 0 aromatic heterocycles. The number of carbonyl (C=O) groups is 6. The van der Waals surface area contributed by atoms with Gasteiger partial charge in [-0.05, 0) is 0 Å². The molecule has 0 saturated heterocycles. The number of methoxy groups -OCH3 is 1. The summed E-state index contributed by atoms with van der Waals surface area (Å²) in [5.41, 5.74) is 0. The molecule has 0 saturated carbocycles. The van der Waals surface area contributed by atoms with Crippen molar-refractivity contribution < 1.29 is 57.2 Å². The molecule has 0 N–H and O–H groups in total. The van der Waals surface area contributed by atoms with Crippen LogP contribution in [0, 0.1) is 0 Å². The molecule has 0 radical (unpaired) electrons. The Hall–Kier alpha value is -3.18. The Kier molecular flexibility index (Phi) is 11.0. The fourth-order valence-corrected chi connectivity index (χ4v) is 2.19. The average Bonchev–Trinajstić information content (AvgIpc) is 2.58. The van der Waals surface area contributed by atoms with Gasteiger partial charge < -0.3 is 28.4 Å². The molecule has 0 aliphatic rings. The van der Waals surface area contributed by atoms with Gasteiger partial charge in [-0.3, -0.25) is 24.0 Å². The molecule has 0 amide bonds. The van der Waals surface area contributed by atoms with Gasteiger partial charge in [-0.1, -0.05) is 0 Å². The van der Waals surface area contributed by atoms with Crippen LogP contribution in [0.5, 0.6) is 0 Å². The summed E-state index contributed by atoms with van der Waals surface area (Å²) in [4.78, 5) is 69.5. The van der Waals surface area contributed by atoms with E-state index in [2.05, 4.69) is 4.74 Å². The zero-order chi connectivity index (χ0) is 22.7. The summed E-state index contributed by atoms with van der Waals surface area (Å²) < 4.78 is 29.4. The van der Waals surface area contributed by atoms with Crippen LogP contribution in [0.1, 0.15) is 34.6 Å². The Morgan fingerprint density at radius 1 is 0.621 bits per heavy atom. The lowest BCUT2D eigenvalue weighted by Gasteiger charge is -2.34. The van der Waals surface area contributed by atoms with Crippen LogP contribution in [0.3, 0.4) is 0 Å². The van der Waals surface area contributed by atoms with Crippen LogP contribution in [0.2, 0.25) is 0 Å². The van der Waals surface area contributed by atoms with Crippen molar-refractivity contribution in [2.24, 2.45) is 0 Å². The van der Waals surface area contributed by atoms with E-state index in [-0.39, 0.29) is 0 Å². The highest BCUT2D eigenvalue weighted by Crippen LogP contribution is 2.21. The van der Waals surface area contributed by atoms with E-state index in [4.69, 9.17) is 23.7 Å². The molecule has 0 aliphatic carbocycles. The lowest BCUT2D eigenvalue weighted by molar-refractivity contribution is -0.207. The number of rotatable bonds is 10. The molecular weight excluding hydrogens is 396 g/mol. The highest BCUT2D eigenvalue weighted by atomic mass is 16.6. The molecule has 0 unspecified atom stereocenters. The van der Waals surface area contributed by atoms with Gasteiger partial charge in [0.05, 0.1) is 7.11 Å². The molecule has 29 heavy (non-hydrogen) atoms. The lowest BCUT2D eigenvalue weighted by Crippen LogP contribution is -2.55. The minimum Gasteiger partial charge on any atom is -0.466 e. The maximum absolute atomic E-state index is 12.1. The summed E-state index contributed by atoms with van der Waals surface area (Å²) in [7, 11) is 0.979. The highest BCUT2D eigenvalue weighted by molar-refractivity contribution is 5.80. The van der Waals surface area contributed by atoms with Crippen LogP contribution in [-0.4, -0.2) is 73.9 Å². The minimum atomic E-state index is -1.87. The third-order valence-electron chi connectivity index (χ3n) is 3.09. The largest absolute Gasteiger partial charge is 0.466 e. The van der Waals surface area contributed by atoms with E-state index in [0.29, 0.717) is 0 Å². The summed E-state index contributed by atoms with van der Waals surface area (Å²) in [6, 6.07) is 0. The predicted octanol–water partition coefficient (Wildman–Crippen LogP) is -0.551. The van der Waals surface area contributed by atoms with Crippen LogP contribution in [-0.2, 0) is 57.2 Å². The lowest BCUT2D eigenvalue weighted by atomic mass is 10.0. The quantitative estimate of drug-likeness (QED) is 0.328. The highest BCUT2D eigenvalue weighted by Gasteiger charge is 2.47. The summed E-state index contributed by atoms with van der Waals surface area (Å²) in [5, 5.41) is 0. The monoisotopic (exact) mass is 420 g/mol. The molecule has 0 bridgehead atoms. The van der Waals surface area contributed by atoms with E-state index in [1.807, 2.05) is 0 Å². The second-order valence-corrected chi connectivity index (χ2v) is 5.65. The summed E-state index contributed by atoms with van der Waals surface area (Å²) in [6.07, 6.45) is -6.86. The van der Waals surface area contributed by atoms with Crippen LogP contribution < -0.4 is 0 Å². The third kappa shape index (κ3) is 10.1. The standard InChI is InChI=1S/C17H24O12/c1-8(18)25-7-13(26-9(2)19)14(27-10(3)20)15(28-11(4)21)16(17(23)24-6)29-12(5)22/h13-16H,7H2,1-6H3/t13-,14+,15+,16+/m0/s1. The molecule has 0 spiro atoms. The second-order valence-electron chi connectivity index (χ2n) is 5.65. The Bertz CT molecular complexity index is 640. The minimum absolute atomic E-state index is 0.613. The molecule has 164 valence electrons. The number of carbonyl (C=O) groups excluding carboxylic acids is 6. The van der Waals surface area contributed by atoms with Crippen molar-refractivity contribution in [1.29, 1.82) is 0 Å². The first kappa shape index (κ1) is 25.8. The van der Waals surface area contributed by atoms with Gasteiger partial charge in [-0.15, -0.1) is 0 Å². The number of ether oxygens (including phenoxy) is 6. The van der Waals surface area contributed by atoms with Crippen LogP contribution in [0.4, 0.5) is 0 Å². The smallest absolute Gasteiger partial charge is 0.351 e. The van der Waals surface area contributed by atoms with Crippen LogP contribution in [0.25, 0.3) is 0 Å². The molecule has 12 nitrogen and oxygen atoms in total. The summed E-state index contributed by atoms with van der Waals surface area (Å²) >= 11 is 0. The van der Waals surface area contributed by atoms with Gasteiger partial charge in [-0.25, -0.2) is 4.79 Å². The normalized spacial score (nSPS) is 14.3. The first-order valence-electron chi connectivity index (χ1n) is 8.29. The molecule has 0 rings (SSSR count).